The molecule has 1 rings (SSSR count). The Balaban J connectivity index is 2.73. The number of rotatable bonds is 3. The summed E-state index contributed by atoms with van der Waals surface area (Å²) in [6.45, 7) is 5.46. The maximum absolute atomic E-state index is 12.0. The molecule has 1 aliphatic carbocycles. The van der Waals surface area contributed by atoms with Crippen LogP contribution in [-0.2, 0) is 9.47 Å². The van der Waals surface area contributed by atoms with Crippen molar-refractivity contribution in [1.29, 1.82) is 0 Å². The van der Waals surface area contributed by atoms with Crippen LogP contribution in [0, 0.1) is 0 Å². The molecule has 1 fully saturated rings. The second-order valence-corrected chi connectivity index (χ2v) is 5.58. The smallest absolute Gasteiger partial charge is 0.410 e. The summed E-state index contributed by atoms with van der Waals surface area (Å²) >= 11 is 0. The molecule has 1 atom stereocenters. The number of aliphatic hydroxyl groups is 1. The van der Waals surface area contributed by atoms with Gasteiger partial charge in [0.25, 0.3) is 0 Å². The van der Waals surface area contributed by atoms with E-state index in [0.717, 1.165) is 19.3 Å². The SMILES string of the molecule is COC(O)C1(N(C)C(=O)OC(C)(C)C)CCC1. The van der Waals surface area contributed by atoms with Crippen LogP contribution in [0.25, 0.3) is 0 Å². The lowest BCUT2D eigenvalue weighted by Crippen LogP contribution is -2.62. The Labute approximate surface area is 103 Å². The molecule has 5 heteroatoms. The number of methoxy groups -OCH3 is 1. The minimum absolute atomic E-state index is 0.423. The molecule has 0 aliphatic heterocycles. The molecule has 17 heavy (non-hydrogen) atoms. The van der Waals surface area contributed by atoms with Crippen LogP contribution in [0.4, 0.5) is 4.79 Å². The third-order valence-corrected chi connectivity index (χ3v) is 3.24. The first-order valence-corrected chi connectivity index (χ1v) is 5.90. The van der Waals surface area contributed by atoms with Gasteiger partial charge in [-0.3, -0.25) is 0 Å². The number of likely N-dealkylation sites (N-methyl/N-ethyl adjacent to an activating group) is 1. The minimum Gasteiger partial charge on any atom is -0.444 e. The summed E-state index contributed by atoms with van der Waals surface area (Å²) < 4.78 is 10.3. The highest BCUT2D eigenvalue weighted by Crippen LogP contribution is 2.40. The third-order valence-electron chi connectivity index (χ3n) is 3.24. The lowest BCUT2D eigenvalue weighted by molar-refractivity contribution is -0.189. The quantitative estimate of drug-likeness (QED) is 0.769. The average Bonchev–Trinajstić information content (AvgIpc) is 2.12. The molecule has 1 unspecified atom stereocenters. The number of carbonyl (C=O) groups is 1. The number of ether oxygens (including phenoxy) is 2. The van der Waals surface area contributed by atoms with Crippen LogP contribution in [-0.4, -0.2) is 47.7 Å². The summed E-state index contributed by atoms with van der Waals surface area (Å²) in [5.41, 5.74) is -1.16. The van der Waals surface area contributed by atoms with E-state index in [1.165, 1.54) is 12.0 Å². The van der Waals surface area contributed by atoms with Gasteiger partial charge in [0.2, 0.25) is 0 Å². The van der Waals surface area contributed by atoms with Gasteiger partial charge in [0.1, 0.15) is 5.60 Å². The van der Waals surface area contributed by atoms with Gasteiger partial charge in [0.05, 0.1) is 5.54 Å². The van der Waals surface area contributed by atoms with Crippen LogP contribution in [0.5, 0.6) is 0 Å². The fourth-order valence-corrected chi connectivity index (χ4v) is 2.02. The fourth-order valence-electron chi connectivity index (χ4n) is 2.02. The number of amides is 1. The fraction of sp³-hybridized carbons (Fsp3) is 0.917. The van der Waals surface area contributed by atoms with Crippen molar-refractivity contribution in [2.24, 2.45) is 0 Å². The minimum atomic E-state index is -0.964. The summed E-state index contributed by atoms with van der Waals surface area (Å²) in [4.78, 5) is 13.4. The van der Waals surface area contributed by atoms with E-state index < -0.39 is 23.5 Å². The molecule has 5 nitrogen and oxygen atoms in total. The van der Waals surface area contributed by atoms with Crippen LogP contribution >= 0.6 is 0 Å². The molecule has 0 aromatic carbocycles. The Bertz CT molecular complexity index is 281. The van der Waals surface area contributed by atoms with E-state index in [1.54, 1.807) is 7.05 Å². The molecule has 0 bridgehead atoms. The van der Waals surface area contributed by atoms with Gasteiger partial charge in [-0.2, -0.15) is 0 Å². The van der Waals surface area contributed by atoms with Crippen LogP contribution in [0.1, 0.15) is 40.0 Å². The van der Waals surface area contributed by atoms with Crippen molar-refractivity contribution < 1.29 is 19.4 Å². The molecule has 1 aliphatic rings. The Morgan fingerprint density at radius 2 is 1.94 bits per heavy atom. The van der Waals surface area contributed by atoms with Gasteiger partial charge in [-0.05, 0) is 40.0 Å². The lowest BCUT2D eigenvalue weighted by atomic mass is 9.75. The number of hydrogen-bond acceptors (Lipinski definition) is 4. The number of carbonyl (C=O) groups excluding carboxylic acids is 1. The van der Waals surface area contributed by atoms with Crippen molar-refractivity contribution >= 4 is 6.09 Å². The largest absolute Gasteiger partial charge is 0.444 e. The van der Waals surface area contributed by atoms with Crippen molar-refractivity contribution in [2.45, 2.75) is 57.5 Å². The average molecular weight is 245 g/mol. The van der Waals surface area contributed by atoms with E-state index in [0.29, 0.717) is 0 Å². The molecule has 1 saturated carbocycles. The second-order valence-electron chi connectivity index (χ2n) is 5.58. The van der Waals surface area contributed by atoms with Crippen molar-refractivity contribution in [2.75, 3.05) is 14.2 Å². The molecular weight excluding hydrogens is 222 g/mol. The number of hydrogen-bond donors (Lipinski definition) is 1. The van der Waals surface area contributed by atoms with Crippen LogP contribution in [0.3, 0.4) is 0 Å². The summed E-state index contributed by atoms with van der Waals surface area (Å²) in [5, 5.41) is 9.87. The molecule has 0 aromatic rings. The van der Waals surface area contributed by atoms with Gasteiger partial charge >= 0.3 is 6.09 Å². The van der Waals surface area contributed by atoms with Gasteiger partial charge in [-0.1, -0.05) is 0 Å². The first-order chi connectivity index (χ1) is 7.73. The van der Waals surface area contributed by atoms with Crippen molar-refractivity contribution in [3.05, 3.63) is 0 Å². The van der Waals surface area contributed by atoms with Crippen molar-refractivity contribution in [3.63, 3.8) is 0 Å². The highest BCUT2D eigenvalue weighted by molar-refractivity contribution is 5.69. The summed E-state index contributed by atoms with van der Waals surface area (Å²) in [6.07, 6.45) is 1.06. The molecule has 0 radical (unpaired) electrons. The van der Waals surface area contributed by atoms with E-state index in [9.17, 15) is 9.90 Å². The van der Waals surface area contributed by atoms with Gasteiger partial charge in [-0.15, -0.1) is 0 Å². The van der Waals surface area contributed by atoms with Crippen LogP contribution < -0.4 is 0 Å². The normalized spacial score (nSPS) is 20.4. The molecule has 0 heterocycles. The Morgan fingerprint density at radius 1 is 1.41 bits per heavy atom. The molecular formula is C12H23NO4. The zero-order chi connectivity index (χ0) is 13.3. The third kappa shape index (κ3) is 2.90. The number of nitrogens with zero attached hydrogens (tertiary/aromatic N) is 1. The molecule has 0 saturated heterocycles. The molecule has 100 valence electrons. The molecule has 0 aromatic heterocycles. The van der Waals surface area contributed by atoms with E-state index in [2.05, 4.69) is 0 Å². The maximum Gasteiger partial charge on any atom is 0.410 e. The predicted octanol–water partition coefficient (Wildman–Crippen LogP) is 1.74. The van der Waals surface area contributed by atoms with Gasteiger partial charge in [0.15, 0.2) is 6.29 Å². The molecule has 0 spiro atoms. The van der Waals surface area contributed by atoms with Gasteiger partial charge in [0, 0.05) is 14.2 Å². The Morgan fingerprint density at radius 3 is 2.24 bits per heavy atom. The van der Waals surface area contributed by atoms with E-state index >= 15 is 0 Å². The van der Waals surface area contributed by atoms with Crippen LogP contribution in [0.15, 0.2) is 0 Å². The predicted molar refractivity (Wildman–Crippen MR) is 63.6 cm³/mol. The summed E-state index contributed by atoms with van der Waals surface area (Å²) in [6, 6.07) is 0. The number of aliphatic hydroxyl groups excluding tert-OH is 1. The lowest BCUT2D eigenvalue weighted by Gasteiger charge is -2.50. The Kier molecular flexibility index (Phi) is 4.04. The maximum atomic E-state index is 12.0. The van der Waals surface area contributed by atoms with E-state index in [4.69, 9.17) is 9.47 Å². The van der Waals surface area contributed by atoms with E-state index in [1.807, 2.05) is 20.8 Å². The van der Waals surface area contributed by atoms with Crippen molar-refractivity contribution in [1.82, 2.24) is 4.90 Å². The second kappa shape index (κ2) is 4.82. The first-order valence-electron chi connectivity index (χ1n) is 5.90. The Hall–Kier alpha value is -0.810. The summed E-state index contributed by atoms with van der Waals surface area (Å²) in [5.74, 6) is 0. The molecule has 1 amide bonds. The zero-order valence-electron chi connectivity index (χ0n) is 11.3. The van der Waals surface area contributed by atoms with Gasteiger partial charge < -0.3 is 19.5 Å². The zero-order valence-corrected chi connectivity index (χ0v) is 11.3. The van der Waals surface area contributed by atoms with Crippen LogP contribution in [0.2, 0.25) is 0 Å². The van der Waals surface area contributed by atoms with E-state index in [-0.39, 0.29) is 0 Å². The van der Waals surface area contributed by atoms with Gasteiger partial charge in [-0.25, -0.2) is 4.79 Å². The molecule has 1 N–H and O–H groups in total. The highest BCUT2D eigenvalue weighted by atomic mass is 16.6. The highest BCUT2D eigenvalue weighted by Gasteiger charge is 2.50. The van der Waals surface area contributed by atoms with Crippen molar-refractivity contribution in [3.8, 4) is 0 Å². The first kappa shape index (κ1) is 14.3. The monoisotopic (exact) mass is 245 g/mol. The standard InChI is InChI=1S/C12H23NO4/c1-11(2,3)17-10(15)13(4)12(7-6-8-12)9(14)16-5/h9,14H,6-8H2,1-5H3. The topological polar surface area (TPSA) is 59.0 Å². The summed E-state index contributed by atoms with van der Waals surface area (Å²) in [7, 11) is 3.09.